The number of esters is 1. The van der Waals surface area contributed by atoms with Crippen molar-refractivity contribution in [3.05, 3.63) is 30.1 Å². The topological polar surface area (TPSA) is 55.8 Å². The second-order valence-corrected chi connectivity index (χ2v) is 4.53. The van der Waals surface area contributed by atoms with Crippen LogP contribution in [0.15, 0.2) is 24.3 Å². The normalized spacial score (nSPS) is 18.0. The smallest absolute Gasteiger partial charge is 0.414 e. The molecule has 1 amide bonds. The van der Waals surface area contributed by atoms with Gasteiger partial charge in [0.25, 0.3) is 0 Å². The van der Waals surface area contributed by atoms with Crippen LogP contribution in [0.5, 0.6) is 0 Å². The number of rotatable bonds is 5. The molecule has 1 aliphatic rings. The van der Waals surface area contributed by atoms with Gasteiger partial charge in [-0.05, 0) is 24.6 Å². The third-order valence-electron chi connectivity index (χ3n) is 2.88. The number of hydrogen-bond donors (Lipinski definition) is 0. The minimum atomic E-state index is -0.563. The van der Waals surface area contributed by atoms with Gasteiger partial charge in [-0.25, -0.2) is 9.18 Å². The SMILES string of the molecule is CCCC(=O)OCC1CN(c2cccc(F)c2)C(=O)O1. The average molecular weight is 281 g/mol. The highest BCUT2D eigenvalue weighted by molar-refractivity contribution is 5.89. The second-order valence-electron chi connectivity index (χ2n) is 4.53. The Morgan fingerprint density at radius 2 is 2.35 bits per heavy atom. The highest BCUT2D eigenvalue weighted by atomic mass is 19.1. The minimum Gasteiger partial charge on any atom is -0.462 e. The van der Waals surface area contributed by atoms with Crippen molar-refractivity contribution in [2.45, 2.75) is 25.9 Å². The highest BCUT2D eigenvalue weighted by Gasteiger charge is 2.33. The molecule has 1 aromatic carbocycles. The van der Waals surface area contributed by atoms with E-state index in [4.69, 9.17) is 9.47 Å². The van der Waals surface area contributed by atoms with E-state index >= 15 is 0 Å². The largest absolute Gasteiger partial charge is 0.462 e. The first-order chi connectivity index (χ1) is 9.60. The lowest BCUT2D eigenvalue weighted by Gasteiger charge is -2.12. The van der Waals surface area contributed by atoms with Crippen LogP contribution in [0.25, 0.3) is 0 Å². The zero-order valence-corrected chi connectivity index (χ0v) is 11.2. The third-order valence-corrected chi connectivity index (χ3v) is 2.88. The Morgan fingerprint density at radius 3 is 3.05 bits per heavy atom. The van der Waals surface area contributed by atoms with E-state index in [0.29, 0.717) is 18.5 Å². The summed E-state index contributed by atoms with van der Waals surface area (Å²) < 4.78 is 23.2. The van der Waals surface area contributed by atoms with E-state index in [1.165, 1.54) is 23.1 Å². The monoisotopic (exact) mass is 281 g/mol. The van der Waals surface area contributed by atoms with Gasteiger partial charge in [0.15, 0.2) is 6.10 Å². The number of anilines is 1. The van der Waals surface area contributed by atoms with Crippen LogP contribution in [0.1, 0.15) is 19.8 Å². The van der Waals surface area contributed by atoms with Crippen LogP contribution in [0.3, 0.4) is 0 Å². The van der Waals surface area contributed by atoms with Crippen LogP contribution in [-0.4, -0.2) is 31.3 Å². The third kappa shape index (κ3) is 3.46. The van der Waals surface area contributed by atoms with Gasteiger partial charge in [0, 0.05) is 6.42 Å². The summed E-state index contributed by atoms with van der Waals surface area (Å²) in [5.41, 5.74) is 0.428. The summed E-state index contributed by atoms with van der Waals surface area (Å²) in [5.74, 6) is -0.735. The quantitative estimate of drug-likeness (QED) is 0.778. The molecule has 1 atom stereocenters. The van der Waals surface area contributed by atoms with Crippen LogP contribution in [0, 0.1) is 5.82 Å². The van der Waals surface area contributed by atoms with E-state index in [-0.39, 0.29) is 19.1 Å². The molecule has 0 radical (unpaired) electrons. The lowest BCUT2D eigenvalue weighted by Crippen LogP contribution is -2.26. The van der Waals surface area contributed by atoms with Gasteiger partial charge in [0.05, 0.1) is 12.2 Å². The lowest BCUT2D eigenvalue weighted by atomic mass is 10.2. The first kappa shape index (κ1) is 14.3. The molecular formula is C14H16FNO4. The summed E-state index contributed by atoms with van der Waals surface area (Å²) >= 11 is 0. The molecule has 0 N–H and O–H groups in total. The molecule has 1 unspecified atom stereocenters. The summed E-state index contributed by atoms with van der Waals surface area (Å²) in [6.45, 7) is 2.14. The zero-order valence-electron chi connectivity index (χ0n) is 11.2. The Hall–Kier alpha value is -2.11. The average Bonchev–Trinajstić information content (AvgIpc) is 2.78. The van der Waals surface area contributed by atoms with Gasteiger partial charge < -0.3 is 9.47 Å². The molecule has 0 spiro atoms. The number of hydrogen-bond acceptors (Lipinski definition) is 4. The number of ether oxygens (including phenoxy) is 2. The Bertz CT molecular complexity index is 506. The molecule has 0 bridgehead atoms. The predicted molar refractivity (Wildman–Crippen MR) is 69.9 cm³/mol. The molecule has 1 fully saturated rings. The van der Waals surface area contributed by atoms with Crippen LogP contribution >= 0.6 is 0 Å². The summed E-state index contributed by atoms with van der Waals surface area (Å²) in [7, 11) is 0. The molecule has 0 saturated carbocycles. The summed E-state index contributed by atoms with van der Waals surface area (Å²) in [6, 6.07) is 5.70. The Balaban J connectivity index is 1.92. The number of carbonyl (C=O) groups excluding carboxylic acids is 2. The van der Waals surface area contributed by atoms with Crippen molar-refractivity contribution >= 4 is 17.7 Å². The van der Waals surface area contributed by atoms with E-state index < -0.39 is 18.0 Å². The van der Waals surface area contributed by atoms with Gasteiger partial charge in [-0.1, -0.05) is 13.0 Å². The van der Waals surface area contributed by atoms with E-state index in [0.717, 1.165) is 0 Å². The number of benzene rings is 1. The molecular weight excluding hydrogens is 265 g/mol. The van der Waals surface area contributed by atoms with Gasteiger partial charge in [-0.2, -0.15) is 0 Å². The Morgan fingerprint density at radius 1 is 1.55 bits per heavy atom. The van der Waals surface area contributed by atoms with Crippen molar-refractivity contribution < 1.29 is 23.5 Å². The molecule has 1 aliphatic heterocycles. The molecule has 108 valence electrons. The lowest BCUT2D eigenvalue weighted by molar-refractivity contribution is -0.146. The van der Waals surface area contributed by atoms with Crippen molar-refractivity contribution in [1.82, 2.24) is 0 Å². The molecule has 0 aliphatic carbocycles. The summed E-state index contributed by atoms with van der Waals surface area (Å²) in [5, 5.41) is 0. The number of halogens is 1. The van der Waals surface area contributed by atoms with E-state index in [1.54, 1.807) is 6.07 Å². The van der Waals surface area contributed by atoms with E-state index in [2.05, 4.69) is 0 Å². The van der Waals surface area contributed by atoms with E-state index in [9.17, 15) is 14.0 Å². The van der Waals surface area contributed by atoms with Crippen molar-refractivity contribution in [2.24, 2.45) is 0 Å². The first-order valence-corrected chi connectivity index (χ1v) is 6.49. The maximum Gasteiger partial charge on any atom is 0.414 e. The number of nitrogens with zero attached hydrogens (tertiary/aromatic N) is 1. The maximum absolute atomic E-state index is 13.1. The number of cyclic esters (lactones) is 1. The first-order valence-electron chi connectivity index (χ1n) is 6.49. The van der Waals surface area contributed by atoms with Gasteiger partial charge >= 0.3 is 12.1 Å². The van der Waals surface area contributed by atoms with Crippen molar-refractivity contribution in [3.63, 3.8) is 0 Å². The molecule has 5 nitrogen and oxygen atoms in total. The minimum absolute atomic E-state index is 0.0242. The summed E-state index contributed by atoms with van der Waals surface area (Å²) in [4.78, 5) is 24.3. The van der Waals surface area contributed by atoms with Crippen LogP contribution in [0.4, 0.5) is 14.9 Å². The zero-order chi connectivity index (χ0) is 14.5. The maximum atomic E-state index is 13.1. The van der Waals surface area contributed by atoms with Gasteiger partial charge in [-0.15, -0.1) is 0 Å². The molecule has 6 heteroatoms. The van der Waals surface area contributed by atoms with Crippen molar-refractivity contribution in [2.75, 3.05) is 18.1 Å². The number of carbonyl (C=O) groups is 2. The summed E-state index contributed by atoms with van der Waals surface area (Å²) in [6.07, 6.45) is -0.0359. The van der Waals surface area contributed by atoms with Gasteiger partial charge in [-0.3, -0.25) is 9.69 Å². The predicted octanol–water partition coefficient (Wildman–Crippen LogP) is 2.49. The van der Waals surface area contributed by atoms with Crippen molar-refractivity contribution in [1.29, 1.82) is 0 Å². The molecule has 1 saturated heterocycles. The molecule has 2 rings (SSSR count). The van der Waals surface area contributed by atoms with E-state index in [1.807, 2.05) is 6.92 Å². The fourth-order valence-corrected chi connectivity index (χ4v) is 1.93. The Kier molecular flexibility index (Phi) is 4.55. The van der Waals surface area contributed by atoms with Crippen LogP contribution < -0.4 is 4.90 Å². The van der Waals surface area contributed by atoms with Gasteiger partial charge in [0.2, 0.25) is 0 Å². The molecule has 1 heterocycles. The fraction of sp³-hybridized carbons (Fsp3) is 0.429. The Labute approximate surface area is 116 Å². The molecule has 0 aromatic heterocycles. The molecule has 20 heavy (non-hydrogen) atoms. The number of amides is 1. The van der Waals surface area contributed by atoms with Crippen LogP contribution in [-0.2, 0) is 14.3 Å². The fourth-order valence-electron chi connectivity index (χ4n) is 1.93. The molecule has 1 aromatic rings. The van der Waals surface area contributed by atoms with Gasteiger partial charge in [0.1, 0.15) is 12.4 Å². The highest BCUT2D eigenvalue weighted by Crippen LogP contribution is 2.22. The van der Waals surface area contributed by atoms with Crippen LogP contribution in [0.2, 0.25) is 0 Å². The van der Waals surface area contributed by atoms with Crippen molar-refractivity contribution in [3.8, 4) is 0 Å². The standard InChI is InChI=1S/C14H16FNO4/c1-2-4-13(17)19-9-12-8-16(14(18)20-12)11-6-3-5-10(15)7-11/h3,5-7,12H,2,4,8-9H2,1H3. The second kappa shape index (κ2) is 6.36.